The van der Waals surface area contributed by atoms with Crippen LogP contribution >= 0.6 is 7.82 Å². The van der Waals surface area contributed by atoms with E-state index in [4.69, 9.17) is 24.3 Å². The molecule has 0 radical (unpaired) electrons. The number of phosphoric acid groups is 1. The van der Waals surface area contributed by atoms with Crippen LogP contribution in [0.15, 0.2) is 36.5 Å². The molecule has 0 heterocycles. The number of nitrogens with two attached hydrogens (primary N) is 1. The summed E-state index contributed by atoms with van der Waals surface area (Å²) >= 11 is 0. The van der Waals surface area contributed by atoms with Gasteiger partial charge in [0.15, 0.2) is 6.10 Å². The van der Waals surface area contributed by atoms with Gasteiger partial charge in [-0.3, -0.25) is 18.6 Å². The van der Waals surface area contributed by atoms with Gasteiger partial charge < -0.3 is 20.1 Å². The first-order chi connectivity index (χ1) is 31.3. The van der Waals surface area contributed by atoms with Crippen LogP contribution < -0.4 is 5.73 Å². The number of rotatable bonds is 51. The highest BCUT2D eigenvalue weighted by Crippen LogP contribution is 2.43. The molecule has 9 nitrogen and oxygen atoms in total. The van der Waals surface area contributed by atoms with E-state index in [1.54, 1.807) is 0 Å². The van der Waals surface area contributed by atoms with Crippen molar-refractivity contribution in [2.45, 2.75) is 270 Å². The lowest BCUT2D eigenvalue weighted by Crippen LogP contribution is -2.29. The summed E-state index contributed by atoms with van der Waals surface area (Å²) in [6.07, 6.45) is 59.4. The Balaban J connectivity index is 3.85. The quantitative estimate of drug-likeness (QED) is 0.0265. The molecule has 0 bridgehead atoms. The summed E-state index contributed by atoms with van der Waals surface area (Å²) in [5.41, 5.74) is 5.36. The van der Waals surface area contributed by atoms with Crippen LogP contribution in [0.3, 0.4) is 0 Å². The molecule has 0 spiro atoms. The van der Waals surface area contributed by atoms with Gasteiger partial charge in [-0.2, -0.15) is 0 Å². The molecule has 0 amide bonds. The van der Waals surface area contributed by atoms with Crippen LogP contribution in [-0.2, 0) is 32.7 Å². The van der Waals surface area contributed by atoms with Crippen LogP contribution in [0.5, 0.6) is 0 Å². The lowest BCUT2D eigenvalue weighted by Gasteiger charge is -2.19. The first kappa shape index (κ1) is 62.2. The summed E-state index contributed by atoms with van der Waals surface area (Å²) in [7, 11) is -4.39. The predicted molar refractivity (Wildman–Crippen MR) is 270 cm³/mol. The van der Waals surface area contributed by atoms with Crippen LogP contribution in [0.2, 0.25) is 0 Å². The summed E-state index contributed by atoms with van der Waals surface area (Å²) < 4.78 is 32.8. The van der Waals surface area contributed by atoms with Gasteiger partial charge in [0.25, 0.3) is 0 Å². The molecule has 376 valence electrons. The van der Waals surface area contributed by atoms with E-state index < -0.39 is 26.5 Å². The molecule has 0 aliphatic rings. The van der Waals surface area contributed by atoms with Gasteiger partial charge in [0, 0.05) is 19.4 Å². The van der Waals surface area contributed by atoms with E-state index in [2.05, 4.69) is 50.3 Å². The summed E-state index contributed by atoms with van der Waals surface area (Å²) in [6.45, 7) is 3.62. The Kier molecular flexibility index (Phi) is 49.2. The second-order valence-corrected chi connectivity index (χ2v) is 19.5. The van der Waals surface area contributed by atoms with E-state index in [0.717, 1.165) is 57.8 Å². The lowest BCUT2D eigenvalue weighted by molar-refractivity contribution is -0.161. The van der Waals surface area contributed by atoms with Crippen molar-refractivity contribution in [3.63, 3.8) is 0 Å². The van der Waals surface area contributed by atoms with Gasteiger partial charge in [-0.25, -0.2) is 4.57 Å². The summed E-state index contributed by atoms with van der Waals surface area (Å²) in [5, 5.41) is 0. The van der Waals surface area contributed by atoms with Gasteiger partial charge in [-0.05, 0) is 44.9 Å². The number of carbonyl (C=O) groups excluding carboxylic acids is 2. The van der Waals surface area contributed by atoms with Gasteiger partial charge in [-0.15, -0.1) is 0 Å². The highest BCUT2D eigenvalue weighted by molar-refractivity contribution is 7.47. The molecular formula is C54H102NO8P. The maximum Gasteiger partial charge on any atom is 0.472 e. The molecule has 64 heavy (non-hydrogen) atoms. The smallest absolute Gasteiger partial charge is 0.462 e. The van der Waals surface area contributed by atoms with Crippen LogP contribution in [0, 0.1) is 0 Å². The first-order valence-corrected chi connectivity index (χ1v) is 28.5. The number of phosphoric ester groups is 1. The molecule has 0 saturated carbocycles. The van der Waals surface area contributed by atoms with E-state index in [9.17, 15) is 19.0 Å². The molecule has 0 aromatic rings. The SMILES string of the molecule is CC/C=C\C/C=C\C/C=C\CCCCCC(=O)OC(COC(=O)CCCCCCCCCCCCCCCCCCCCCCCCCCCCCCCC)COP(=O)(O)OCCN. The van der Waals surface area contributed by atoms with E-state index in [1.165, 1.54) is 173 Å². The molecule has 0 saturated heterocycles. The molecule has 0 aliphatic carbocycles. The zero-order valence-electron chi connectivity index (χ0n) is 41.8. The van der Waals surface area contributed by atoms with E-state index in [-0.39, 0.29) is 38.6 Å². The normalized spacial score (nSPS) is 13.4. The monoisotopic (exact) mass is 924 g/mol. The highest BCUT2D eigenvalue weighted by Gasteiger charge is 2.26. The zero-order valence-corrected chi connectivity index (χ0v) is 42.7. The molecule has 0 fully saturated rings. The van der Waals surface area contributed by atoms with E-state index in [1.807, 2.05) is 0 Å². The first-order valence-electron chi connectivity index (χ1n) is 27.0. The van der Waals surface area contributed by atoms with Crippen LogP contribution in [-0.4, -0.2) is 49.3 Å². The van der Waals surface area contributed by atoms with Gasteiger partial charge >= 0.3 is 19.8 Å². The molecule has 0 rings (SSSR count). The molecule has 3 N–H and O–H groups in total. The third-order valence-electron chi connectivity index (χ3n) is 11.8. The Morgan fingerprint density at radius 2 is 0.859 bits per heavy atom. The number of hydrogen-bond acceptors (Lipinski definition) is 8. The molecule has 2 unspecified atom stereocenters. The minimum atomic E-state index is -4.39. The largest absolute Gasteiger partial charge is 0.472 e. The van der Waals surface area contributed by atoms with Gasteiger partial charge in [0.05, 0.1) is 13.2 Å². The second kappa shape index (κ2) is 50.6. The standard InChI is InChI=1S/C54H102NO8P/c1-3-5-7-9-11-13-15-17-18-19-20-21-22-23-24-25-26-27-28-29-30-31-32-33-35-36-38-40-42-44-46-53(56)60-50-52(51-62-64(58,59)61-49-48-55)63-54(57)47-45-43-41-39-37-34-16-14-12-10-8-6-4-2/h6,8,12,14,34,37,52H,3-5,7,9-11,13,15-33,35-36,38-51,55H2,1-2H3,(H,58,59)/b8-6-,14-12-,37-34-. The number of allylic oxidation sites excluding steroid dienone is 6. The number of carbonyl (C=O) groups is 2. The number of ether oxygens (including phenoxy) is 2. The van der Waals surface area contributed by atoms with Gasteiger partial charge in [0.1, 0.15) is 6.61 Å². The van der Waals surface area contributed by atoms with E-state index >= 15 is 0 Å². The number of esters is 2. The average molecular weight is 924 g/mol. The summed E-state index contributed by atoms with van der Waals surface area (Å²) in [6, 6.07) is 0. The summed E-state index contributed by atoms with van der Waals surface area (Å²) in [5.74, 6) is -0.853. The van der Waals surface area contributed by atoms with Crippen molar-refractivity contribution in [1.82, 2.24) is 0 Å². The van der Waals surface area contributed by atoms with Crippen molar-refractivity contribution in [2.24, 2.45) is 5.73 Å². The van der Waals surface area contributed by atoms with Crippen molar-refractivity contribution in [1.29, 1.82) is 0 Å². The van der Waals surface area contributed by atoms with Crippen molar-refractivity contribution >= 4 is 19.8 Å². The fourth-order valence-electron chi connectivity index (χ4n) is 7.83. The minimum absolute atomic E-state index is 0.0490. The average Bonchev–Trinajstić information content (AvgIpc) is 3.28. The lowest BCUT2D eigenvalue weighted by atomic mass is 10.0. The zero-order chi connectivity index (χ0) is 46.7. The Morgan fingerprint density at radius 3 is 1.28 bits per heavy atom. The number of unbranched alkanes of at least 4 members (excludes halogenated alkanes) is 32. The van der Waals surface area contributed by atoms with E-state index in [0.29, 0.717) is 6.42 Å². The van der Waals surface area contributed by atoms with Crippen LogP contribution in [0.4, 0.5) is 0 Å². The van der Waals surface area contributed by atoms with Gasteiger partial charge in [-0.1, -0.05) is 243 Å². The maximum absolute atomic E-state index is 12.6. The van der Waals surface area contributed by atoms with Gasteiger partial charge in [0.2, 0.25) is 0 Å². The third kappa shape index (κ3) is 49.7. The van der Waals surface area contributed by atoms with Crippen LogP contribution in [0.25, 0.3) is 0 Å². The van der Waals surface area contributed by atoms with Crippen LogP contribution in [0.1, 0.15) is 264 Å². The minimum Gasteiger partial charge on any atom is -0.462 e. The Hall–Kier alpha value is -1.77. The van der Waals surface area contributed by atoms with Crippen molar-refractivity contribution in [3.05, 3.63) is 36.5 Å². The van der Waals surface area contributed by atoms with Crippen molar-refractivity contribution in [3.8, 4) is 0 Å². The maximum atomic E-state index is 12.6. The molecular weight excluding hydrogens is 822 g/mol. The Labute approximate surface area is 394 Å². The summed E-state index contributed by atoms with van der Waals surface area (Å²) in [4.78, 5) is 35.0. The number of hydrogen-bond donors (Lipinski definition) is 2. The molecule has 10 heteroatoms. The molecule has 0 aromatic carbocycles. The Bertz CT molecular complexity index is 1140. The predicted octanol–water partition coefficient (Wildman–Crippen LogP) is 16.5. The Morgan fingerprint density at radius 1 is 0.484 bits per heavy atom. The van der Waals surface area contributed by atoms with Crippen molar-refractivity contribution < 1.29 is 37.6 Å². The fraction of sp³-hybridized carbons (Fsp3) is 0.852. The molecule has 0 aliphatic heterocycles. The fourth-order valence-corrected chi connectivity index (χ4v) is 8.59. The highest BCUT2D eigenvalue weighted by atomic mass is 31.2. The second-order valence-electron chi connectivity index (χ2n) is 18.1. The molecule has 2 atom stereocenters. The van der Waals surface area contributed by atoms with Crippen molar-refractivity contribution in [2.75, 3.05) is 26.4 Å². The topological polar surface area (TPSA) is 134 Å². The third-order valence-corrected chi connectivity index (χ3v) is 12.8. The molecule has 0 aromatic heterocycles.